The molecule has 0 aliphatic carbocycles. The van der Waals surface area contributed by atoms with E-state index in [0.29, 0.717) is 22.8 Å². The third-order valence-electron chi connectivity index (χ3n) is 3.62. The highest BCUT2D eigenvalue weighted by molar-refractivity contribution is 5.88. The van der Waals surface area contributed by atoms with Crippen LogP contribution in [0.25, 0.3) is 16.9 Å². The van der Waals surface area contributed by atoms with Gasteiger partial charge in [0.15, 0.2) is 11.5 Å². The van der Waals surface area contributed by atoms with Crippen molar-refractivity contribution in [2.24, 2.45) is 5.16 Å². The molecule has 0 radical (unpaired) electrons. The van der Waals surface area contributed by atoms with Gasteiger partial charge in [0, 0.05) is 17.3 Å². The van der Waals surface area contributed by atoms with Gasteiger partial charge in [0.25, 0.3) is 0 Å². The number of methoxy groups -OCH3 is 2. The second-order valence-corrected chi connectivity index (χ2v) is 5.03. The predicted molar refractivity (Wildman–Crippen MR) is 91.5 cm³/mol. The molecule has 0 unspecified atom stereocenters. The van der Waals surface area contributed by atoms with E-state index < -0.39 is 0 Å². The van der Waals surface area contributed by atoms with Crippen molar-refractivity contribution in [3.05, 3.63) is 60.3 Å². The summed E-state index contributed by atoms with van der Waals surface area (Å²) in [5, 5.41) is 16.7. The highest BCUT2D eigenvalue weighted by atomic mass is 16.5. The van der Waals surface area contributed by atoms with E-state index in [1.54, 1.807) is 25.1 Å². The van der Waals surface area contributed by atoms with Crippen LogP contribution in [0.3, 0.4) is 0 Å². The molecular weight excluding hydrogens is 306 g/mol. The van der Waals surface area contributed by atoms with Crippen LogP contribution in [0, 0.1) is 0 Å². The first-order chi connectivity index (χ1) is 11.8. The average Bonchev–Trinajstić information content (AvgIpc) is 3.06. The summed E-state index contributed by atoms with van der Waals surface area (Å²) in [4.78, 5) is 0. The lowest BCUT2D eigenvalue weighted by atomic mass is 10.1. The summed E-state index contributed by atoms with van der Waals surface area (Å²) in [5.41, 5.74) is 3.11. The molecule has 0 atom stereocenters. The summed E-state index contributed by atoms with van der Waals surface area (Å²) < 4.78 is 12.3. The first-order valence-corrected chi connectivity index (χ1v) is 7.31. The fraction of sp³-hybridized carbons (Fsp3) is 0.111. The Morgan fingerprint density at radius 2 is 1.79 bits per heavy atom. The van der Waals surface area contributed by atoms with E-state index in [1.165, 1.54) is 6.21 Å². The summed E-state index contributed by atoms with van der Waals surface area (Å²) in [6.07, 6.45) is 3.17. The first-order valence-electron chi connectivity index (χ1n) is 7.31. The number of benzene rings is 2. The molecule has 0 aliphatic rings. The van der Waals surface area contributed by atoms with E-state index in [2.05, 4.69) is 10.3 Å². The van der Waals surface area contributed by atoms with Crippen molar-refractivity contribution in [3.63, 3.8) is 0 Å². The standard InChI is InChI=1S/C18H17N3O3/c1-23-16-9-8-13(10-17(16)24-2)18-14(11-19-22)12-21(20-18)15-6-4-3-5-7-15/h3-12,22H,1-2H3. The summed E-state index contributed by atoms with van der Waals surface area (Å²) >= 11 is 0. The maximum atomic E-state index is 8.94. The molecule has 0 amide bonds. The Kier molecular flexibility index (Phi) is 4.47. The maximum absolute atomic E-state index is 8.94. The molecule has 2 aromatic carbocycles. The number of oxime groups is 1. The molecule has 6 nitrogen and oxygen atoms in total. The zero-order valence-corrected chi connectivity index (χ0v) is 13.4. The lowest BCUT2D eigenvalue weighted by molar-refractivity contribution is 0.322. The molecule has 24 heavy (non-hydrogen) atoms. The molecule has 0 saturated heterocycles. The van der Waals surface area contributed by atoms with E-state index in [4.69, 9.17) is 14.7 Å². The Morgan fingerprint density at radius 1 is 1.04 bits per heavy atom. The van der Waals surface area contributed by atoms with Crippen LogP contribution in [0.15, 0.2) is 59.9 Å². The van der Waals surface area contributed by atoms with Crippen molar-refractivity contribution in [1.29, 1.82) is 0 Å². The number of ether oxygens (including phenoxy) is 2. The van der Waals surface area contributed by atoms with Crippen molar-refractivity contribution < 1.29 is 14.7 Å². The Balaban J connectivity index is 2.11. The highest BCUT2D eigenvalue weighted by Crippen LogP contribution is 2.33. The SMILES string of the molecule is COc1ccc(-c2nn(-c3ccccc3)cc2C=NO)cc1OC. The molecule has 122 valence electrons. The van der Waals surface area contributed by atoms with E-state index in [1.807, 2.05) is 48.5 Å². The molecule has 0 fully saturated rings. The van der Waals surface area contributed by atoms with Gasteiger partial charge in [-0.15, -0.1) is 0 Å². The fourth-order valence-electron chi connectivity index (χ4n) is 2.46. The van der Waals surface area contributed by atoms with E-state index in [9.17, 15) is 0 Å². The van der Waals surface area contributed by atoms with Crippen molar-refractivity contribution >= 4 is 6.21 Å². The van der Waals surface area contributed by atoms with E-state index in [0.717, 1.165) is 11.3 Å². The summed E-state index contributed by atoms with van der Waals surface area (Å²) in [7, 11) is 3.17. The lowest BCUT2D eigenvalue weighted by Crippen LogP contribution is -1.95. The van der Waals surface area contributed by atoms with Crippen LogP contribution >= 0.6 is 0 Å². The molecule has 1 aromatic heterocycles. The third-order valence-corrected chi connectivity index (χ3v) is 3.62. The van der Waals surface area contributed by atoms with Gasteiger partial charge in [0.05, 0.1) is 26.1 Å². The third kappa shape index (κ3) is 2.94. The summed E-state index contributed by atoms with van der Waals surface area (Å²) in [6, 6.07) is 15.3. The van der Waals surface area contributed by atoms with Gasteiger partial charge in [0.1, 0.15) is 5.69 Å². The van der Waals surface area contributed by atoms with Crippen LogP contribution in [-0.4, -0.2) is 35.4 Å². The highest BCUT2D eigenvalue weighted by Gasteiger charge is 2.14. The monoisotopic (exact) mass is 323 g/mol. The maximum Gasteiger partial charge on any atom is 0.161 e. The van der Waals surface area contributed by atoms with Gasteiger partial charge in [-0.1, -0.05) is 23.4 Å². The average molecular weight is 323 g/mol. The minimum atomic E-state index is 0.608. The fourth-order valence-corrected chi connectivity index (χ4v) is 2.46. The smallest absolute Gasteiger partial charge is 0.161 e. The number of nitrogens with zero attached hydrogens (tertiary/aromatic N) is 3. The second kappa shape index (κ2) is 6.87. The molecule has 0 bridgehead atoms. The number of para-hydroxylation sites is 1. The van der Waals surface area contributed by atoms with Crippen molar-refractivity contribution in [2.45, 2.75) is 0 Å². The lowest BCUT2D eigenvalue weighted by Gasteiger charge is -2.08. The molecule has 3 rings (SSSR count). The quantitative estimate of drug-likeness (QED) is 0.444. The zero-order chi connectivity index (χ0) is 16.9. The van der Waals surface area contributed by atoms with E-state index in [-0.39, 0.29) is 0 Å². The van der Waals surface area contributed by atoms with Crippen LogP contribution in [-0.2, 0) is 0 Å². The van der Waals surface area contributed by atoms with Crippen LogP contribution in [0.2, 0.25) is 0 Å². The topological polar surface area (TPSA) is 68.9 Å². The van der Waals surface area contributed by atoms with Gasteiger partial charge in [-0.3, -0.25) is 0 Å². The summed E-state index contributed by atoms with van der Waals surface area (Å²) in [6.45, 7) is 0. The number of rotatable bonds is 5. The Morgan fingerprint density at radius 3 is 2.46 bits per heavy atom. The van der Waals surface area contributed by atoms with Gasteiger partial charge >= 0.3 is 0 Å². The van der Waals surface area contributed by atoms with Crippen molar-refractivity contribution in [3.8, 4) is 28.4 Å². The molecule has 1 N–H and O–H groups in total. The molecule has 0 aliphatic heterocycles. The molecule has 6 heteroatoms. The molecule has 3 aromatic rings. The van der Waals surface area contributed by atoms with Gasteiger partial charge < -0.3 is 14.7 Å². The van der Waals surface area contributed by atoms with Gasteiger partial charge in [-0.25, -0.2) is 4.68 Å². The van der Waals surface area contributed by atoms with E-state index >= 15 is 0 Å². The number of hydrogen-bond donors (Lipinski definition) is 1. The Bertz CT molecular complexity index is 857. The largest absolute Gasteiger partial charge is 0.493 e. The minimum absolute atomic E-state index is 0.608. The minimum Gasteiger partial charge on any atom is -0.493 e. The van der Waals surface area contributed by atoms with Crippen LogP contribution < -0.4 is 9.47 Å². The van der Waals surface area contributed by atoms with Gasteiger partial charge in [-0.05, 0) is 30.3 Å². The van der Waals surface area contributed by atoms with Crippen molar-refractivity contribution in [2.75, 3.05) is 14.2 Å². The Hall–Kier alpha value is -3.28. The first kappa shape index (κ1) is 15.6. The number of hydrogen-bond acceptors (Lipinski definition) is 5. The van der Waals surface area contributed by atoms with Crippen LogP contribution in [0.4, 0.5) is 0 Å². The molecule has 0 spiro atoms. The molecule has 0 saturated carbocycles. The predicted octanol–water partition coefficient (Wildman–Crippen LogP) is 3.36. The Labute approximate surface area is 139 Å². The van der Waals surface area contributed by atoms with Crippen molar-refractivity contribution in [1.82, 2.24) is 9.78 Å². The van der Waals surface area contributed by atoms with Gasteiger partial charge in [-0.2, -0.15) is 5.10 Å². The molecule has 1 heterocycles. The van der Waals surface area contributed by atoms with Gasteiger partial charge in [0.2, 0.25) is 0 Å². The number of aromatic nitrogens is 2. The molecular formula is C18H17N3O3. The normalized spacial score (nSPS) is 10.9. The zero-order valence-electron chi connectivity index (χ0n) is 13.4. The second-order valence-electron chi connectivity index (χ2n) is 5.03. The summed E-state index contributed by atoms with van der Waals surface area (Å²) in [5.74, 6) is 1.25. The van der Waals surface area contributed by atoms with Crippen LogP contribution in [0.1, 0.15) is 5.56 Å². The van der Waals surface area contributed by atoms with Crippen LogP contribution in [0.5, 0.6) is 11.5 Å².